The molecule has 0 amide bonds. The molecule has 7 heteroatoms. The van der Waals surface area contributed by atoms with Gasteiger partial charge in [0.05, 0.1) is 23.8 Å². The van der Waals surface area contributed by atoms with E-state index in [-0.39, 0.29) is 6.79 Å². The molecule has 2 rings (SSSR count). The summed E-state index contributed by atoms with van der Waals surface area (Å²) in [7, 11) is 1.60. The molecule has 0 saturated carbocycles. The average Bonchev–Trinajstić information content (AvgIpc) is 2.43. The van der Waals surface area contributed by atoms with Crippen LogP contribution in [0.1, 0.15) is 31.9 Å². The van der Waals surface area contributed by atoms with Crippen LogP contribution in [0.5, 0.6) is 11.5 Å². The van der Waals surface area contributed by atoms with Crippen LogP contribution in [0, 0.1) is 0 Å². The summed E-state index contributed by atoms with van der Waals surface area (Å²) in [5.41, 5.74) is 0.166. The first-order chi connectivity index (χ1) is 10.4. The van der Waals surface area contributed by atoms with Crippen molar-refractivity contribution in [2.75, 3.05) is 27.1 Å². The van der Waals surface area contributed by atoms with Crippen molar-refractivity contribution < 1.29 is 24.1 Å². The second kappa shape index (κ2) is 7.36. The predicted octanol–water partition coefficient (Wildman–Crippen LogP) is 3.70. The molecule has 0 aromatic heterocycles. The standard InChI is InChI=1S/C15H20BrClO5/c1-15(2)7-11(18)9-6-10(16)14(12(17)13(9)22-15)21-8-20-5-4-19-3/h6,11,18H,4-5,7-8H2,1-3H3. The maximum Gasteiger partial charge on any atom is 0.189 e. The highest BCUT2D eigenvalue weighted by atomic mass is 79.9. The van der Waals surface area contributed by atoms with Crippen molar-refractivity contribution in [1.29, 1.82) is 0 Å². The zero-order chi connectivity index (χ0) is 16.3. The third-order valence-corrected chi connectivity index (χ3v) is 4.23. The maximum atomic E-state index is 10.3. The first-order valence-electron chi connectivity index (χ1n) is 6.94. The number of aliphatic hydroxyl groups excluding tert-OH is 1. The van der Waals surface area contributed by atoms with Gasteiger partial charge >= 0.3 is 0 Å². The Balaban J connectivity index is 2.19. The molecule has 0 aliphatic carbocycles. The van der Waals surface area contributed by atoms with Gasteiger partial charge in [-0.25, -0.2) is 0 Å². The molecule has 124 valence electrons. The van der Waals surface area contributed by atoms with E-state index < -0.39 is 11.7 Å². The Kier molecular flexibility index (Phi) is 5.96. The first kappa shape index (κ1) is 17.8. The monoisotopic (exact) mass is 394 g/mol. The number of hydrogen-bond acceptors (Lipinski definition) is 5. The Morgan fingerprint density at radius 1 is 1.45 bits per heavy atom. The zero-order valence-electron chi connectivity index (χ0n) is 12.8. The molecule has 1 aliphatic rings. The first-order valence-corrected chi connectivity index (χ1v) is 8.11. The molecule has 1 aliphatic heterocycles. The van der Waals surface area contributed by atoms with E-state index in [4.69, 9.17) is 30.5 Å². The molecule has 0 radical (unpaired) electrons. The summed E-state index contributed by atoms with van der Waals surface area (Å²) in [6.07, 6.45) is -0.122. The summed E-state index contributed by atoms with van der Waals surface area (Å²) >= 11 is 9.80. The van der Waals surface area contributed by atoms with Gasteiger partial charge in [-0.1, -0.05) is 11.6 Å². The van der Waals surface area contributed by atoms with Gasteiger partial charge in [0.25, 0.3) is 0 Å². The minimum absolute atomic E-state index is 0.0480. The van der Waals surface area contributed by atoms with Crippen LogP contribution in [0.25, 0.3) is 0 Å². The van der Waals surface area contributed by atoms with Crippen molar-refractivity contribution in [3.8, 4) is 11.5 Å². The molecule has 1 heterocycles. The number of rotatable bonds is 6. The highest BCUT2D eigenvalue weighted by molar-refractivity contribution is 9.10. The number of methoxy groups -OCH3 is 1. The third kappa shape index (κ3) is 4.06. The lowest BCUT2D eigenvalue weighted by Gasteiger charge is -2.36. The van der Waals surface area contributed by atoms with Gasteiger partial charge in [-0.05, 0) is 35.8 Å². The molecule has 0 spiro atoms. The number of halogens is 2. The largest absolute Gasteiger partial charge is 0.486 e. The molecule has 1 aromatic rings. The van der Waals surface area contributed by atoms with Gasteiger partial charge in [-0.15, -0.1) is 0 Å². The lowest BCUT2D eigenvalue weighted by atomic mass is 9.92. The van der Waals surface area contributed by atoms with E-state index in [0.29, 0.717) is 46.2 Å². The average molecular weight is 396 g/mol. The Morgan fingerprint density at radius 2 is 2.18 bits per heavy atom. The number of ether oxygens (including phenoxy) is 4. The minimum Gasteiger partial charge on any atom is -0.486 e. The topological polar surface area (TPSA) is 57.2 Å². The van der Waals surface area contributed by atoms with Crippen LogP contribution < -0.4 is 9.47 Å². The van der Waals surface area contributed by atoms with Gasteiger partial charge in [-0.2, -0.15) is 0 Å². The molecule has 5 nitrogen and oxygen atoms in total. The van der Waals surface area contributed by atoms with Crippen LogP contribution in [0.4, 0.5) is 0 Å². The Hall–Kier alpha value is -0.530. The van der Waals surface area contributed by atoms with E-state index in [1.165, 1.54) is 0 Å². The molecule has 1 N–H and O–H groups in total. The highest BCUT2D eigenvalue weighted by Crippen LogP contribution is 2.49. The van der Waals surface area contributed by atoms with E-state index in [1.807, 2.05) is 13.8 Å². The quantitative estimate of drug-likeness (QED) is 0.588. The molecule has 22 heavy (non-hydrogen) atoms. The zero-order valence-corrected chi connectivity index (χ0v) is 15.2. The van der Waals surface area contributed by atoms with Crippen LogP contribution in [0.2, 0.25) is 5.02 Å². The minimum atomic E-state index is -0.625. The van der Waals surface area contributed by atoms with Gasteiger partial charge < -0.3 is 24.1 Å². The molecular weight excluding hydrogens is 376 g/mol. The second-order valence-corrected chi connectivity index (χ2v) is 6.90. The van der Waals surface area contributed by atoms with Crippen molar-refractivity contribution in [1.82, 2.24) is 0 Å². The van der Waals surface area contributed by atoms with Gasteiger partial charge in [0, 0.05) is 19.1 Å². The summed E-state index contributed by atoms with van der Waals surface area (Å²) in [6.45, 7) is 4.79. The fourth-order valence-electron chi connectivity index (χ4n) is 2.28. The Labute approximate surface area is 143 Å². The molecule has 1 atom stereocenters. The van der Waals surface area contributed by atoms with Crippen molar-refractivity contribution >= 4 is 27.5 Å². The van der Waals surface area contributed by atoms with E-state index in [9.17, 15) is 5.11 Å². The summed E-state index contributed by atoms with van der Waals surface area (Å²) in [5.74, 6) is 0.892. The fourth-order valence-corrected chi connectivity index (χ4v) is 3.26. The van der Waals surface area contributed by atoms with Gasteiger partial charge in [0.15, 0.2) is 12.5 Å². The van der Waals surface area contributed by atoms with Crippen LogP contribution in [0.15, 0.2) is 10.5 Å². The lowest BCUT2D eigenvalue weighted by molar-refractivity contribution is -0.00996. The number of hydrogen-bond donors (Lipinski definition) is 1. The van der Waals surface area contributed by atoms with Crippen molar-refractivity contribution in [2.45, 2.75) is 32.0 Å². The van der Waals surface area contributed by atoms with Crippen LogP contribution in [-0.2, 0) is 9.47 Å². The smallest absolute Gasteiger partial charge is 0.189 e. The Morgan fingerprint density at radius 3 is 2.86 bits per heavy atom. The van der Waals surface area contributed by atoms with E-state index in [1.54, 1.807) is 13.2 Å². The summed E-state index contributed by atoms with van der Waals surface area (Å²) in [4.78, 5) is 0. The molecule has 1 aromatic carbocycles. The van der Waals surface area contributed by atoms with Crippen molar-refractivity contribution in [3.63, 3.8) is 0 Å². The SMILES string of the molecule is COCCOCOc1c(Br)cc2c(c1Cl)OC(C)(C)CC2O. The maximum absolute atomic E-state index is 10.3. The molecule has 0 bridgehead atoms. The van der Waals surface area contributed by atoms with E-state index in [0.717, 1.165) is 0 Å². The molecule has 0 saturated heterocycles. The molecular formula is C15H20BrClO5. The predicted molar refractivity (Wildman–Crippen MR) is 86.8 cm³/mol. The normalized spacial score (nSPS) is 19.5. The Bertz CT molecular complexity index is 535. The third-order valence-electron chi connectivity index (χ3n) is 3.30. The highest BCUT2D eigenvalue weighted by Gasteiger charge is 2.35. The second-order valence-electron chi connectivity index (χ2n) is 5.66. The molecule has 1 unspecified atom stereocenters. The fraction of sp³-hybridized carbons (Fsp3) is 0.600. The van der Waals surface area contributed by atoms with Gasteiger partial charge in [-0.3, -0.25) is 0 Å². The number of aliphatic hydroxyl groups is 1. The van der Waals surface area contributed by atoms with E-state index >= 15 is 0 Å². The van der Waals surface area contributed by atoms with Crippen molar-refractivity contribution in [3.05, 3.63) is 21.1 Å². The van der Waals surface area contributed by atoms with E-state index in [2.05, 4.69) is 15.9 Å². The summed E-state index contributed by atoms with van der Waals surface area (Å²) < 4.78 is 22.3. The van der Waals surface area contributed by atoms with Crippen LogP contribution in [-0.4, -0.2) is 37.8 Å². The lowest BCUT2D eigenvalue weighted by Crippen LogP contribution is -2.35. The van der Waals surface area contributed by atoms with Crippen LogP contribution >= 0.6 is 27.5 Å². The number of fused-ring (bicyclic) bond motifs is 1. The van der Waals surface area contributed by atoms with Gasteiger partial charge in [0.2, 0.25) is 0 Å². The molecule has 0 fully saturated rings. The summed E-state index contributed by atoms with van der Waals surface area (Å²) in [6, 6.07) is 1.77. The van der Waals surface area contributed by atoms with Crippen molar-refractivity contribution in [2.24, 2.45) is 0 Å². The summed E-state index contributed by atoms with van der Waals surface area (Å²) in [5, 5.41) is 10.6. The number of benzene rings is 1. The van der Waals surface area contributed by atoms with Crippen LogP contribution in [0.3, 0.4) is 0 Å². The van der Waals surface area contributed by atoms with Gasteiger partial charge in [0.1, 0.15) is 16.4 Å².